The van der Waals surface area contributed by atoms with Crippen molar-refractivity contribution in [3.63, 3.8) is 0 Å². The number of rotatable bonds is 4. The summed E-state index contributed by atoms with van der Waals surface area (Å²) >= 11 is 0.842. The van der Waals surface area contributed by atoms with Crippen LogP contribution in [0, 0.1) is 13.8 Å². The summed E-state index contributed by atoms with van der Waals surface area (Å²) in [5.74, 6) is -0.749. The fraction of sp³-hybridized carbons (Fsp3) is 0.240. The Morgan fingerprint density at radius 3 is 2.47 bits per heavy atom. The van der Waals surface area contributed by atoms with E-state index in [2.05, 4.69) is 4.98 Å². The van der Waals surface area contributed by atoms with Crippen molar-refractivity contribution >= 4 is 43.2 Å². The molecule has 0 fully saturated rings. The molecule has 0 atom stereocenters. The van der Waals surface area contributed by atoms with Gasteiger partial charge in [0.25, 0.3) is 15.9 Å². The van der Waals surface area contributed by atoms with Gasteiger partial charge in [0.2, 0.25) is 0 Å². The van der Waals surface area contributed by atoms with Gasteiger partial charge in [0.05, 0.1) is 20.8 Å². The summed E-state index contributed by atoms with van der Waals surface area (Å²) in [5.41, 5.74) is 2.46. The molecule has 2 heterocycles. The summed E-state index contributed by atoms with van der Waals surface area (Å²) in [7, 11) is -4.35. The van der Waals surface area contributed by atoms with Gasteiger partial charge in [-0.25, -0.2) is 13.2 Å². The van der Waals surface area contributed by atoms with Gasteiger partial charge in [-0.1, -0.05) is 38.2 Å². The second-order valence-electron chi connectivity index (χ2n) is 9.07. The molecule has 2 aromatic heterocycles. The molecule has 0 aliphatic rings. The van der Waals surface area contributed by atoms with E-state index in [-0.39, 0.29) is 21.6 Å². The first-order valence-electron chi connectivity index (χ1n) is 10.5. The van der Waals surface area contributed by atoms with Crippen LogP contribution in [0.3, 0.4) is 0 Å². The van der Waals surface area contributed by atoms with E-state index in [4.69, 9.17) is 4.42 Å². The third-order valence-electron chi connectivity index (χ3n) is 5.65. The van der Waals surface area contributed by atoms with Gasteiger partial charge in [-0.3, -0.25) is 9.78 Å². The molecule has 0 spiro atoms. The Bertz CT molecular complexity index is 1560. The maximum absolute atomic E-state index is 14.1. The number of nitrogens with zero attached hydrogens (tertiary/aromatic N) is 2. The van der Waals surface area contributed by atoms with Gasteiger partial charge in [0.15, 0.2) is 0 Å². The number of anilines is 1. The standard InChI is InChI=1S/C25H24N2O5S2/c1-15-11-18(25(3,4)5)12-22(16(15)2)34(30,31)27(23(28)17-7-6-10-26-14-17)19-8-9-20-21(13-19)33-24(29)32-20/h6-14H,1-5H3. The molecule has 0 saturated carbocycles. The molecule has 9 heteroatoms. The van der Waals surface area contributed by atoms with E-state index < -0.39 is 20.9 Å². The molecule has 0 unspecified atom stereocenters. The van der Waals surface area contributed by atoms with Gasteiger partial charge in [-0.2, -0.15) is 4.31 Å². The van der Waals surface area contributed by atoms with Crippen molar-refractivity contribution in [2.24, 2.45) is 0 Å². The summed E-state index contributed by atoms with van der Waals surface area (Å²) in [6.07, 6.45) is 2.83. The second-order valence-corrected chi connectivity index (χ2v) is 11.8. The van der Waals surface area contributed by atoms with E-state index in [1.807, 2.05) is 33.8 Å². The second kappa shape index (κ2) is 8.48. The Kier molecular flexibility index (Phi) is 5.95. The highest BCUT2D eigenvalue weighted by atomic mass is 32.2. The molecule has 4 aromatic rings. The van der Waals surface area contributed by atoms with E-state index in [1.165, 1.54) is 36.7 Å². The predicted octanol–water partition coefficient (Wildman–Crippen LogP) is 5.20. The third-order valence-corrected chi connectivity index (χ3v) is 8.27. The lowest BCUT2D eigenvalue weighted by molar-refractivity contribution is 0.100. The van der Waals surface area contributed by atoms with Crippen molar-refractivity contribution in [1.82, 2.24) is 4.98 Å². The number of aryl methyl sites for hydroxylation is 1. The first-order valence-corrected chi connectivity index (χ1v) is 12.8. The number of pyridine rings is 1. The average Bonchev–Trinajstić information content (AvgIpc) is 3.14. The zero-order valence-electron chi connectivity index (χ0n) is 19.4. The molecule has 2 aromatic carbocycles. The van der Waals surface area contributed by atoms with E-state index in [9.17, 15) is 18.0 Å². The van der Waals surface area contributed by atoms with Gasteiger partial charge in [0, 0.05) is 12.4 Å². The minimum atomic E-state index is -4.35. The topological polar surface area (TPSA) is 97.6 Å². The lowest BCUT2D eigenvalue weighted by Crippen LogP contribution is -2.37. The van der Waals surface area contributed by atoms with Gasteiger partial charge in [-0.15, -0.1) is 0 Å². The van der Waals surface area contributed by atoms with Crippen molar-refractivity contribution in [2.45, 2.75) is 44.9 Å². The molecular weight excluding hydrogens is 472 g/mol. The minimum absolute atomic E-state index is 0.0511. The number of carbonyl (C=O) groups is 1. The Balaban J connectivity index is 1.99. The minimum Gasteiger partial charge on any atom is -0.414 e. The SMILES string of the molecule is Cc1cc(C(C)(C)C)cc(S(=O)(=O)N(C(=O)c2cccnc2)c2ccc3oc(=O)sc3c2)c1C. The van der Waals surface area contributed by atoms with Gasteiger partial charge < -0.3 is 4.42 Å². The molecule has 1 amide bonds. The third kappa shape index (κ3) is 4.28. The zero-order chi connectivity index (χ0) is 24.8. The molecule has 0 aliphatic carbocycles. The first-order chi connectivity index (χ1) is 15.9. The predicted molar refractivity (Wildman–Crippen MR) is 133 cm³/mol. The quantitative estimate of drug-likeness (QED) is 0.385. The molecule has 7 nitrogen and oxygen atoms in total. The van der Waals surface area contributed by atoms with E-state index in [0.29, 0.717) is 15.8 Å². The van der Waals surface area contributed by atoms with Crippen molar-refractivity contribution in [2.75, 3.05) is 4.31 Å². The normalized spacial score (nSPS) is 12.1. The van der Waals surface area contributed by atoms with Crippen LogP contribution in [0.15, 0.2) is 69.0 Å². The number of amides is 1. The Morgan fingerprint density at radius 2 is 1.82 bits per heavy atom. The van der Waals surface area contributed by atoms with Crippen LogP contribution in [0.5, 0.6) is 0 Å². The number of hydrogen-bond donors (Lipinski definition) is 0. The summed E-state index contributed by atoms with van der Waals surface area (Å²) in [6.45, 7) is 9.58. The van der Waals surface area contributed by atoms with Crippen LogP contribution in [-0.4, -0.2) is 19.3 Å². The van der Waals surface area contributed by atoms with Crippen LogP contribution in [0.4, 0.5) is 5.69 Å². The summed E-state index contributed by atoms with van der Waals surface area (Å²) < 4.78 is 34.6. The number of benzene rings is 2. The van der Waals surface area contributed by atoms with Crippen LogP contribution in [-0.2, 0) is 15.4 Å². The Labute approximate surface area is 201 Å². The highest BCUT2D eigenvalue weighted by Gasteiger charge is 2.35. The fourth-order valence-corrected chi connectivity index (χ4v) is 6.02. The molecule has 176 valence electrons. The van der Waals surface area contributed by atoms with Gasteiger partial charge in [0.1, 0.15) is 5.58 Å². The largest absolute Gasteiger partial charge is 0.414 e. The molecule has 4 rings (SSSR count). The first kappa shape index (κ1) is 23.8. The molecule has 0 N–H and O–H groups in total. The Morgan fingerprint density at radius 1 is 1.09 bits per heavy atom. The van der Waals surface area contributed by atoms with Crippen LogP contribution in [0.1, 0.15) is 47.8 Å². The van der Waals surface area contributed by atoms with Crippen LogP contribution >= 0.6 is 11.3 Å². The summed E-state index contributed by atoms with van der Waals surface area (Å²) in [5, 5.41) is 0. The highest BCUT2D eigenvalue weighted by molar-refractivity contribution is 7.93. The zero-order valence-corrected chi connectivity index (χ0v) is 21.1. The summed E-state index contributed by atoms with van der Waals surface area (Å²) in [6, 6.07) is 11.1. The van der Waals surface area contributed by atoms with Crippen molar-refractivity contribution in [3.05, 3.63) is 86.8 Å². The van der Waals surface area contributed by atoms with Crippen molar-refractivity contribution in [3.8, 4) is 0 Å². The molecule has 0 radical (unpaired) electrons. The smallest absolute Gasteiger partial charge is 0.396 e. The lowest BCUT2D eigenvalue weighted by Gasteiger charge is -2.26. The number of carbonyl (C=O) groups excluding carboxylic acids is 1. The van der Waals surface area contributed by atoms with Crippen molar-refractivity contribution < 1.29 is 17.6 Å². The van der Waals surface area contributed by atoms with E-state index in [0.717, 1.165) is 26.8 Å². The highest BCUT2D eigenvalue weighted by Crippen LogP contribution is 2.34. The number of hydrogen-bond acceptors (Lipinski definition) is 7. The maximum Gasteiger partial charge on any atom is 0.396 e. The molecule has 0 aliphatic heterocycles. The molecule has 34 heavy (non-hydrogen) atoms. The van der Waals surface area contributed by atoms with Crippen LogP contribution < -0.4 is 9.24 Å². The molecule has 0 bridgehead atoms. The number of aromatic nitrogens is 1. The number of fused-ring (bicyclic) bond motifs is 1. The maximum atomic E-state index is 14.1. The Hall–Kier alpha value is -3.30. The molecule has 0 saturated heterocycles. The van der Waals surface area contributed by atoms with E-state index in [1.54, 1.807) is 19.1 Å². The summed E-state index contributed by atoms with van der Waals surface area (Å²) in [4.78, 5) is 28.8. The van der Waals surface area contributed by atoms with Crippen LogP contribution in [0.2, 0.25) is 0 Å². The van der Waals surface area contributed by atoms with E-state index >= 15 is 0 Å². The molecular formula is C25H24N2O5S2. The number of sulfonamides is 1. The van der Waals surface area contributed by atoms with Gasteiger partial charge in [-0.05, 0) is 72.4 Å². The lowest BCUT2D eigenvalue weighted by atomic mass is 9.85. The monoisotopic (exact) mass is 496 g/mol. The fourth-order valence-electron chi connectivity index (χ4n) is 3.59. The van der Waals surface area contributed by atoms with Gasteiger partial charge >= 0.3 is 4.94 Å². The van der Waals surface area contributed by atoms with Crippen molar-refractivity contribution in [1.29, 1.82) is 0 Å². The average molecular weight is 497 g/mol. The van der Waals surface area contributed by atoms with Crippen LogP contribution in [0.25, 0.3) is 10.3 Å².